The van der Waals surface area contributed by atoms with Crippen LogP contribution in [0.5, 0.6) is 0 Å². The molecule has 0 bridgehead atoms. The van der Waals surface area contributed by atoms with Gasteiger partial charge in [0.05, 0.1) is 5.01 Å². The summed E-state index contributed by atoms with van der Waals surface area (Å²) in [5, 5.41) is 13.7. The summed E-state index contributed by atoms with van der Waals surface area (Å²) in [5.74, 6) is -1.03. The van der Waals surface area contributed by atoms with Crippen molar-refractivity contribution in [3.8, 4) is 0 Å². The largest absolute Gasteiger partial charge is 0.476 e. The second-order valence-corrected chi connectivity index (χ2v) is 4.68. The molecule has 0 atom stereocenters. The number of hydrogen-bond donors (Lipinski definition) is 2. The normalized spacial score (nSPS) is 9.95. The Morgan fingerprint density at radius 3 is 2.89 bits per heavy atom. The third-order valence-electron chi connectivity index (χ3n) is 2.40. The molecule has 1 rings (SSSR count). The lowest BCUT2D eigenvalue weighted by Gasteiger charge is -2.19. The van der Waals surface area contributed by atoms with E-state index in [1.54, 1.807) is 11.0 Å². The van der Waals surface area contributed by atoms with E-state index in [1.807, 2.05) is 6.92 Å². The summed E-state index contributed by atoms with van der Waals surface area (Å²) in [6.45, 7) is 7.03. The molecule has 0 spiro atoms. The molecule has 2 amide bonds. The van der Waals surface area contributed by atoms with Crippen molar-refractivity contribution in [1.29, 1.82) is 0 Å². The van der Waals surface area contributed by atoms with Crippen molar-refractivity contribution in [2.24, 2.45) is 0 Å². The molecule has 0 radical (unpaired) electrons. The number of hydrogen-bond acceptors (Lipinski definition) is 4. The summed E-state index contributed by atoms with van der Waals surface area (Å²) in [6.07, 6.45) is 2.19. The molecular formula is C12H17N3O3S. The zero-order chi connectivity index (χ0) is 14.3. The molecule has 1 heterocycles. The van der Waals surface area contributed by atoms with Crippen LogP contribution < -0.4 is 5.32 Å². The van der Waals surface area contributed by atoms with Crippen molar-refractivity contribution in [2.75, 3.05) is 19.6 Å². The number of likely N-dealkylation sites (N-methyl/N-ethyl adjacent to an activating group) is 1. The van der Waals surface area contributed by atoms with E-state index < -0.39 is 5.97 Å². The highest BCUT2D eigenvalue weighted by Crippen LogP contribution is 2.09. The van der Waals surface area contributed by atoms with E-state index in [0.29, 0.717) is 31.1 Å². The van der Waals surface area contributed by atoms with Crippen molar-refractivity contribution in [2.45, 2.75) is 13.3 Å². The van der Waals surface area contributed by atoms with Gasteiger partial charge in [0, 0.05) is 31.4 Å². The molecule has 1 aromatic rings. The maximum absolute atomic E-state index is 11.7. The second-order valence-electron chi connectivity index (χ2n) is 3.74. The average Bonchev–Trinajstić information content (AvgIpc) is 2.84. The Bertz CT molecular complexity index is 459. The molecule has 6 nitrogen and oxygen atoms in total. The van der Waals surface area contributed by atoms with Gasteiger partial charge in [0.15, 0.2) is 5.69 Å². The number of urea groups is 1. The van der Waals surface area contributed by atoms with Crippen LogP contribution in [0.1, 0.15) is 22.4 Å². The first kappa shape index (κ1) is 15.2. The highest BCUT2D eigenvalue weighted by molar-refractivity contribution is 7.09. The summed E-state index contributed by atoms with van der Waals surface area (Å²) < 4.78 is 0. The molecule has 0 unspecified atom stereocenters. The lowest BCUT2D eigenvalue weighted by Crippen LogP contribution is -2.40. The Kier molecular flexibility index (Phi) is 6.01. The number of nitrogens with one attached hydrogen (secondary N) is 1. The Morgan fingerprint density at radius 1 is 1.63 bits per heavy atom. The Morgan fingerprint density at radius 2 is 2.37 bits per heavy atom. The molecule has 2 N–H and O–H groups in total. The zero-order valence-corrected chi connectivity index (χ0v) is 11.6. The summed E-state index contributed by atoms with van der Waals surface area (Å²) >= 11 is 1.28. The summed E-state index contributed by atoms with van der Waals surface area (Å²) in [5.41, 5.74) is 0.0492. The predicted octanol–water partition coefficient (Wildman–Crippen LogP) is 1.60. The fourth-order valence-electron chi connectivity index (χ4n) is 1.42. The number of carbonyl (C=O) groups is 2. The number of thiazole rings is 1. The first-order valence-corrected chi connectivity index (χ1v) is 6.77. The molecule has 0 saturated heterocycles. The van der Waals surface area contributed by atoms with E-state index >= 15 is 0 Å². The standard InChI is InChI=1S/C12H17N3O3S/c1-3-7-15(4-2)12(18)13-6-5-10-14-9(8-19-10)11(16)17/h3,8H,1,4-7H2,2H3,(H,13,18)(H,16,17). The second kappa shape index (κ2) is 7.52. The van der Waals surface area contributed by atoms with Gasteiger partial charge in [-0.05, 0) is 6.92 Å². The quantitative estimate of drug-likeness (QED) is 0.745. The Balaban J connectivity index is 2.38. The van der Waals surface area contributed by atoms with Crippen LogP contribution in [0.25, 0.3) is 0 Å². The van der Waals surface area contributed by atoms with Gasteiger partial charge in [0.1, 0.15) is 0 Å². The van der Waals surface area contributed by atoms with Gasteiger partial charge in [0.25, 0.3) is 0 Å². The van der Waals surface area contributed by atoms with Crippen LogP contribution in [-0.2, 0) is 6.42 Å². The van der Waals surface area contributed by atoms with Crippen LogP contribution in [0.3, 0.4) is 0 Å². The van der Waals surface area contributed by atoms with Crippen molar-refractivity contribution >= 4 is 23.3 Å². The van der Waals surface area contributed by atoms with Gasteiger partial charge in [-0.3, -0.25) is 0 Å². The zero-order valence-electron chi connectivity index (χ0n) is 10.8. The highest BCUT2D eigenvalue weighted by atomic mass is 32.1. The molecule has 0 aliphatic heterocycles. The summed E-state index contributed by atoms with van der Waals surface area (Å²) in [7, 11) is 0. The minimum Gasteiger partial charge on any atom is -0.476 e. The van der Waals surface area contributed by atoms with Gasteiger partial charge >= 0.3 is 12.0 Å². The van der Waals surface area contributed by atoms with Gasteiger partial charge in [0.2, 0.25) is 0 Å². The fourth-order valence-corrected chi connectivity index (χ4v) is 2.20. The van der Waals surface area contributed by atoms with Crippen LogP contribution in [0.15, 0.2) is 18.0 Å². The van der Waals surface area contributed by atoms with E-state index in [1.165, 1.54) is 16.7 Å². The van der Waals surface area contributed by atoms with E-state index in [0.717, 1.165) is 0 Å². The van der Waals surface area contributed by atoms with Gasteiger partial charge in [-0.1, -0.05) is 6.08 Å². The third kappa shape index (κ3) is 4.70. The first-order valence-electron chi connectivity index (χ1n) is 5.89. The Labute approximate surface area is 115 Å². The maximum atomic E-state index is 11.7. The number of carboxylic acid groups (broad SMARTS) is 1. The smallest absolute Gasteiger partial charge is 0.355 e. The summed E-state index contributed by atoms with van der Waals surface area (Å²) in [4.78, 5) is 27.9. The van der Waals surface area contributed by atoms with Gasteiger partial charge in [-0.15, -0.1) is 17.9 Å². The predicted molar refractivity (Wildman–Crippen MR) is 73.6 cm³/mol. The van der Waals surface area contributed by atoms with E-state index in [2.05, 4.69) is 16.9 Å². The molecule has 0 aliphatic carbocycles. The minimum absolute atomic E-state index is 0.0492. The van der Waals surface area contributed by atoms with Crippen molar-refractivity contribution in [3.05, 3.63) is 28.7 Å². The molecule has 0 aromatic carbocycles. The molecule has 0 aliphatic rings. The van der Waals surface area contributed by atoms with Crippen LogP contribution >= 0.6 is 11.3 Å². The number of nitrogens with zero attached hydrogens (tertiary/aromatic N) is 2. The average molecular weight is 283 g/mol. The number of carboxylic acids is 1. The van der Waals surface area contributed by atoms with Gasteiger partial charge < -0.3 is 15.3 Å². The topological polar surface area (TPSA) is 82.5 Å². The van der Waals surface area contributed by atoms with Crippen molar-refractivity contribution in [3.63, 3.8) is 0 Å². The molecule has 19 heavy (non-hydrogen) atoms. The number of rotatable bonds is 7. The minimum atomic E-state index is -1.03. The Hall–Kier alpha value is -1.89. The van der Waals surface area contributed by atoms with Crippen LogP contribution in [0.2, 0.25) is 0 Å². The molecule has 104 valence electrons. The lowest BCUT2D eigenvalue weighted by atomic mass is 10.4. The van der Waals surface area contributed by atoms with Crippen molar-refractivity contribution in [1.82, 2.24) is 15.2 Å². The van der Waals surface area contributed by atoms with Gasteiger partial charge in [-0.25, -0.2) is 14.6 Å². The van der Waals surface area contributed by atoms with E-state index in [-0.39, 0.29) is 11.7 Å². The number of amides is 2. The number of aromatic carboxylic acids is 1. The SMILES string of the molecule is C=CCN(CC)C(=O)NCCc1nc(C(=O)O)cs1. The van der Waals surface area contributed by atoms with Gasteiger partial charge in [-0.2, -0.15) is 0 Å². The summed E-state index contributed by atoms with van der Waals surface area (Å²) in [6, 6.07) is -0.155. The molecule has 1 aromatic heterocycles. The maximum Gasteiger partial charge on any atom is 0.355 e. The van der Waals surface area contributed by atoms with E-state index in [4.69, 9.17) is 5.11 Å². The molecular weight excluding hydrogens is 266 g/mol. The number of carbonyl (C=O) groups excluding carboxylic acids is 1. The monoisotopic (exact) mass is 283 g/mol. The number of aromatic nitrogens is 1. The van der Waals surface area contributed by atoms with E-state index in [9.17, 15) is 9.59 Å². The molecule has 7 heteroatoms. The van der Waals surface area contributed by atoms with Crippen LogP contribution in [0.4, 0.5) is 4.79 Å². The molecule has 0 fully saturated rings. The molecule has 0 saturated carbocycles. The first-order chi connectivity index (χ1) is 9.08. The lowest BCUT2D eigenvalue weighted by molar-refractivity contribution is 0.0691. The third-order valence-corrected chi connectivity index (χ3v) is 3.31. The van der Waals surface area contributed by atoms with Crippen LogP contribution in [0, 0.1) is 0 Å². The fraction of sp³-hybridized carbons (Fsp3) is 0.417. The van der Waals surface area contributed by atoms with Crippen LogP contribution in [-0.4, -0.2) is 46.6 Å². The van der Waals surface area contributed by atoms with Crippen molar-refractivity contribution < 1.29 is 14.7 Å². The highest BCUT2D eigenvalue weighted by Gasteiger charge is 2.11.